The number of nitrogens with zero attached hydrogens (tertiary/aromatic N) is 5. The van der Waals surface area contributed by atoms with Gasteiger partial charge in [0.2, 0.25) is 0 Å². The predicted octanol–water partition coefficient (Wildman–Crippen LogP) is 2.27. The molecule has 0 N–H and O–H groups in total. The minimum Gasteiger partial charge on any atom is -0.317 e. The molecule has 4 rings (SSSR count). The first-order valence-corrected chi connectivity index (χ1v) is 10.7. The fourth-order valence-corrected chi connectivity index (χ4v) is 4.86. The lowest BCUT2D eigenvalue weighted by molar-refractivity contribution is 0.130. The molecule has 1 fully saturated rings. The molecule has 1 saturated heterocycles. The van der Waals surface area contributed by atoms with Gasteiger partial charge in [0.1, 0.15) is 5.82 Å². The number of hydrogen-bond donors (Lipinski definition) is 0. The fourth-order valence-electron chi connectivity index (χ4n) is 4.86. The number of aryl methyl sites for hydroxylation is 2. The fraction of sp³-hybridized carbons (Fsp3) is 0.522. The van der Waals surface area contributed by atoms with Crippen molar-refractivity contribution in [1.29, 1.82) is 0 Å². The monoisotopic (exact) mass is 409 g/mol. The molecule has 0 aliphatic carbocycles. The second-order valence-electron chi connectivity index (χ2n) is 9.06. The van der Waals surface area contributed by atoms with Gasteiger partial charge >= 0.3 is 5.69 Å². The normalized spacial score (nSPS) is 20.2. The van der Waals surface area contributed by atoms with Crippen molar-refractivity contribution in [2.75, 3.05) is 13.1 Å². The molecular weight excluding hydrogens is 378 g/mol. The lowest BCUT2D eigenvalue weighted by Gasteiger charge is -2.34. The van der Waals surface area contributed by atoms with Gasteiger partial charge in [0, 0.05) is 33.7 Å². The summed E-state index contributed by atoms with van der Waals surface area (Å²) >= 11 is 0. The molecule has 7 heteroatoms. The van der Waals surface area contributed by atoms with Crippen LogP contribution in [0.15, 0.2) is 33.9 Å². The smallest absolute Gasteiger partial charge is 0.317 e. The maximum absolute atomic E-state index is 13.1. The number of rotatable bonds is 4. The molecule has 0 saturated carbocycles. The van der Waals surface area contributed by atoms with Crippen molar-refractivity contribution in [3.8, 4) is 0 Å². The summed E-state index contributed by atoms with van der Waals surface area (Å²) in [7, 11) is 3.22. The summed E-state index contributed by atoms with van der Waals surface area (Å²) in [5.41, 5.74) is 2.64. The van der Waals surface area contributed by atoms with Crippen LogP contribution in [0.1, 0.15) is 37.2 Å². The molecule has 2 aromatic heterocycles. The molecule has 2 atom stereocenters. The molecule has 3 heterocycles. The summed E-state index contributed by atoms with van der Waals surface area (Å²) in [5.74, 6) is 2.12. The van der Waals surface area contributed by atoms with E-state index in [1.165, 1.54) is 28.2 Å². The van der Waals surface area contributed by atoms with Crippen molar-refractivity contribution in [2.45, 2.75) is 40.3 Å². The van der Waals surface area contributed by atoms with Crippen LogP contribution in [0.2, 0.25) is 0 Å². The van der Waals surface area contributed by atoms with Crippen LogP contribution in [-0.2, 0) is 27.2 Å². The van der Waals surface area contributed by atoms with Crippen LogP contribution >= 0.6 is 0 Å². The average Bonchev–Trinajstić information content (AvgIpc) is 3.04. The lowest BCUT2D eigenvalue weighted by Crippen LogP contribution is -2.39. The van der Waals surface area contributed by atoms with Crippen LogP contribution < -0.4 is 11.2 Å². The number of hydrogen-bond acceptors (Lipinski definition) is 4. The van der Waals surface area contributed by atoms with Crippen LogP contribution in [0.5, 0.6) is 0 Å². The Morgan fingerprint density at radius 2 is 1.67 bits per heavy atom. The van der Waals surface area contributed by atoms with Gasteiger partial charge in [-0.1, -0.05) is 38.1 Å². The molecule has 3 aromatic rings. The highest BCUT2D eigenvalue weighted by Gasteiger charge is 2.25. The molecule has 7 nitrogen and oxygen atoms in total. The zero-order valence-electron chi connectivity index (χ0n) is 18.6. The predicted molar refractivity (Wildman–Crippen MR) is 119 cm³/mol. The van der Waals surface area contributed by atoms with Crippen LogP contribution in [-0.4, -0.2) is 36.7 Å². The Hall–Kier alpha value is -2.67. The van der Waals surface area contributed by atoms with Gasteiger partial charge in [-0.3, -0.25) is 18.8 Å². The van der Waals surface area contributed by atoms with Crippen molar-refractivity contribution in [2.24, 2.45) is 25.9 Å². The van der Waals surface area contributed by atoms with E-state index in [1.54, 1.807) is 7.05 Å². The number of benzene rings is 1. The van der Waals surface area contributed by atoms with Crippen molar-refractivity contribution < 1.29 is 0 Å². The maximum Gasteiger partial charge on any atom is 0.332 e. The van der Waals surface area contributed by atoms with E-state index in [-0.39, 0.29) is 11.2 Å². The highest BCUT2D eigenvalue weighted by Crippen LogP contribution is 2.24. The molecule has 1 aliphatic heterocycles. The number of piperidine rings is 1. The first kappa shape index (κ1) is 20.6. The maximum atomic E-state index is 13.1. The van der Waals surface area contributed by atoms with Crippen LogP contribution in [0.25, 0.3) is 11.2 Å². The van der Waals surface area contributed by atoms with Gasteiger partial charge in [-0.15, -0.1) is 0 Å². The first-order valence-electron chi connectivity index (χ1n) is 10.7. The second-order valence-corrected chi connectivity index (χ2v) is 9.06. The SMILES string of the molecule is Cc1ccccc1Cn1c(CN2CC(C)CC(C)C2)nc2c1c(=O)n(C)c(=O)n2C. The Bertz CT molecular complexity index is 1190. The molecule has 160 valence electrons. The molecule has 0 amide bonds. The van der Waals surface area contributed by atoms with Gasteiger partial charge in [0.25, 0.3) is 5.56 Å². The van der Waals surface area contributed by atoms with Gasteiger partial charge in [-0.2, -0.15) is 0 Å². The zero-order valence-corrected chi connectivity index (χ0v) is 18.6. The summed E-state index contributed by atoms with van der Waals surface area (Å²) in [5, 5.41) is 0. The Morgan fingerprint density at radius 1 is 1.00 bits per heavy atom. The molecule has 0 radical (unpaired) electrons. The minimum atomic E-state index is -0.347. The summed E-state index contributed by atoms with van der Waals surface area (Å²) in [6.45, 7) is 9.94. The van der Waals surface area contributed by atoms with Crippen LogP contribution in [0.4, 0.5) is 0 Å². The Labute approximate surface area is 176 Å². The van der Waals surface area contributed by atoms with E-state index in [4.69, 9.17) is 4.98 Å². The van der Waals surface area contributed by atoms with Crippen LogP contribution in [0, 0.1) is 18.8 Å². The van der Waals surface area contributed by atoms with E-state index < -0.39 is 0 Å². The van der Waals surface area contributed by atoms with E-state index in [9.17, 15) is 9.59 Å². The van der Waals surface area contributed by atoms with E-state index in [2.05, 4.69) is 37.8 Å². The molecule has 30 heavy (non-hydrogen) atoms. The van der Waals surface area contributed by atoms with Gasteiger partial charge in [0.05, 0.1) is 6.54 Å². The van der Waals surface area contributed by atoms with Crippen molar-refractivity contribution in [3.63, 3.8) is 0 Å². The molecule has 1 aliphatic rings. The van der Waals surface area contributed by atoms with Gasteiger partial charge in [-0.05, 0) is 36.3 Å². The average molecular weight is 410 g/mol. The van der Waals surface area contributed by atoms with E-state index in [1.807, 2.05) is 16.7 Å². The van der Waals surface area contributed by atoms with Crippen molar-refractivity contribution in [3.05, 3.63) is 62.1 Å². The molecule has 0 spiro atoms. The third-order valence-corrected chi connectivity index (χ3v) is 6.33. The molecule has 0 bridgehead atoms. The lowest BCUT2D eigenvalue weighted by atomic mass is 9.92. The Morgan fingerprint density at radius 3 is 2.33 bits per heavy atom. The quantitative estimate of drug-likeness (QED) is 0.663. The Balaban J connectivity index is 1.87. The van der Waals surface area contributed by atoms with E-state index in [0.29, 0.717) is 36.1 Å². The third kappa shape index (κ3) is 3.62. The zero-order chi connectivity index (χ0) is 21.6. The molecule has 1 aromatic carbocycles. The van der Waals surface area contributed by atoms with Gasteiger partial charge in [0.15, 0.2) is 11.2 Å². The van der Waals surface area contributed by atoms with Crippen molar-refractivity contribution in [1.82, 2.24) is 23.6 Å². The topological polar surface area (TPSA) is 65.1 Å². The second kappa shape index (κ2) is 7.87. The number of likely N-dealkylation sites (tertiary alicyclic amines) is 1. The van der Waals surface area contributed by atoms with Crippen LogP contribution in [0.3, 0.4) is 0 Å². The highest BCUT2D eigenvalue weighted by atomic mass is 16.2. The largest absolute Gasteiger partial charge is 0.332 e. The van der Waals surface area contributed by atoms with Gasteiger partial charge < -0.3 is 4.57 Å². The molecule has 2 unspecified atom stereocenters. The summed E-state index contributed by atoms with van der Waals surface area (Å²) in [4.78, 5) is 32.8. The summed E-state index contributed by atoms with van der Waals surface area (Å²) in [6.07, 6.45) is 1.24. The van der Waals surface area contributed by atoms with E-state index in [0.717, 1.165) is 24.5 Å². The number of aromatic nitrogens is 4. The summed E-state index contributed by atoms with van der Waals surface area (Å²) < 4.78 is 4.67. The minimum absolute atomic E-state index is 0.291. The molecular formula is C23H31N5O2. The Kier molecular flexibility index (Phi) is 5.40. The highest BCUT2D eigenvalue weighted by molar-refractivity contribution is 5.71. The summed E-state index contributed by atoms with van der Waals surface area (Å²) in [6, 6.07) is 8.20. The number of imidazole rings is 1. The van der Waals surface area contributed by atoms with Crippen molar-refractivity contribution >= 4 is 11.2 Å². The van der Waals surface area contributed by atoms with Gasteiger partial charge in [-0.25, -0.2) is 9.78 Å². The first-order chi connectivity index (χ1) is 14.3. The standard InChI is InChI=1S/C23H31N5O2/c1-15-10-16(2)12-27(11-15)14-19-24-21-20(22(29)26(5)23(30)25(21)4)28(19)13-18-9-7-6-8-17(18)3/h6-9,15-16H,10-14H2,1-5H3. The third-order valence-electron chi connectivity index (χ3n) is 6.33. The van der Waals surface area contributed by atoms with E-state index >= 15 is 0 Å². The number of fused-ring (bicyclic) bond motifs is 1.